The highest BCUT2D eigenvalue weighted by molar-refractivity contribution is 9.10. The molecule has 104 valence electrons. The Kier molecular flexibility index (Phi) is 5.40. The molecule has 1 atom stereocenters. The molecule has 3 nitrogen and oxygen atoms in total. The molecule has 0 bridgehead atoms. The second-order valence-corrected chi connectivity index (χ2v) is 5.68. The van der Waals surface area contributed by atoms with Crippen molar-refractivity contribution in [1.82, 2.24) is 4.90 Å². The van der Waals surface area contributed by atoms with Gasteiger partial charge in [-0.05, 0) is 37.9 Å². The molecule has 1 heterocycles. The van der Waals surface area contributed by atoms with Gasteiger partial charge in [-0.15, -0.1) is 0 Å². The van der Waals surface area contributed by atoms with Gasteiger partial charge >= 0.3 is 5.97 Å². The number of halogens is 1. The van der Waals surface area contributed by atoms with Crippen molar-refractivity contribution in [1.29, 1.82) is 0 Å². The number of piperidine rings is 1. The standard InChI is InChI=1S/C15H20BrNO2/c1-2-19-15(18)14-9-5-6-10-17(14)11-12-7-3-4-8-13(12)16/h3-4,7-8,14H,2,5-6,9-11H2,1H3. The van der Waals surface area contributed by atoms with Gasteiger partial charge in [0.15, 0.2) is 0 Å². The predicted molar refractivity (Wildman–Crippen MR) is 78.8 cm³/mol. The molecule has 4 heteroatoms. The lowest BCUT2D eigenvalue weighted by atomic mass is 10.0. The molecule has 0 amide bonds. The van der Waals surface area contributed by atoms with E-state index in [0.29, 0.717) is 6.61 Å². The number of esters is 1. The fraction of sp³-hybridized carbons (Fsp3) is 0.533. The highest BCUT2D eigenvalue weighted by atomic mass is 79.9. The van der Waals surface area contributed by atoms with Crippen LogP contribution in [0.1, 0.15) is 31.7 Å². The van der Waals surface area contributed by atoms with E-state index in [4.69, 9.17) is 4.74 Å². The van der Waals surface area contributed by atoms with Crippen LogP contribution in [0.2, 0.25) is 0 Å². The van der Waals surface area contributed by atoms with Gasteiger partial charge in [-0.3, -0.25) is 9.69 Å². The fourth-order valence-electron chi connectivity index (χ4n) is 2.53. The normalized spacial score (nSPS) is 20.2. The summed E-state index contributed by atoms with van der Waals surface area (Å²) in [5, 5.41) is 0. The maximum Gasteiger partial charge on any atom is 0.323 e. The number of likely N-dealkylation sites (tertiary alicyclic amines) is 1. The molecular weight excluding hydrogens is 306 g/mol. The Labute approximate surface area is 123 Å². The lowest BCUT2D eigenvalue weighted by Crippen LogP contribution is -2.45. The summed E-state index contributed by atoms with van der Waals surface area (Å²) in [5.74, 6) is -0.0748. The largest absolute Gasteiger partial charge is 0.465 e. The molecule has 0 N–H and O–H groups in total. The molecule has 1 aromatic carbocycles. The predicted octanol–water partition coefficient (Wildman–Crippen LogP) is 3.37. The first-order valence-corrected chi connectivity index (χ1v) is 7.65. The number of hydrogen-bond donors (Lipinski definition) is 0. The monoisotopic (exact) mass is 325 g/mol. The van der Waals surface area contributed by atoms with Crippen LogP contribution in [-0.2, 0) is 16.1 Å². The van der Waals surface area contributed by atoms with Gasteiger partial charge in [0, 0.05) is 11.0 Å². The minimum atomic E-state index is -0.0826. The van der Waals surface area contributed by atoms with E-state index in [-0.39, 0.29) is 12.0 Å². The summed E-state index contributed by atoms with van der Waals surface area (Å²) < 4.78 is 6.29. The van der Waals surface area contributed by atoms with Gasteiger partial charge < -0.3 is 4.74 Å². The molecule has 2 rings (SSSR count). The second kappa shape index (κ2) is 7.06. The van der Waals surface area contributed by atoms with Crippen LogP contribution in [0.5, 0.6) is 0 Å². The number of carbonyl (C=O) groups is 1. The van der Waals surface area contributed by atoms with E-state index >= 15 is 0 Å². The number of hydrogen-bond acceptors (Lipinski definition) is 3. The summed E-state index contributed by atoms with van der Waals surface area (Å²) in [4.78, 5) is 14.2. The summed E-state index contributed by atoms with van der Waals surface area (Å²) in [6.45, 7) is 4.08. The van der Waals surface area contributed by atoms with Crippen molar-refractivity contribution >= 4 is 21.9 Å². The number of carbonyl (C=O) groups excluding carboxylic acids is 1. The summed E-state index contributed by atoms with van der Waals surface area (Å²) in [6.07, 6.45) is 3.17. The molecule has 1 aromatic rings. The molecule has 1 aliphatic rings. The van der Waals surface area contributed by atoms with Crippen LogP contribution in [0.25, 0.3) is 0 Å². The Morgan fingerprint density at radius 3 is 2.95 bits per heavy atom. The molecule has 0 aromatic heterocycles. The molecule has 0 radical (unpaired) electrons. The molecule has 1 saturated heterocycles. The van der Waals surface area contributed by atoms with Crippen LogP contribution in [0.3, 0.4) is 0 Å². The van der Waals surface area contributed by atoms with E-state index in [0.717, 1.165) is 36.8 Å². The van der Waals surface area contributed by atoms with Crippen LogP contribution in [0.15, 0.2) is 28.7 Å². The van der Waals surface area contributed by atoms with Crippen molar-refractivity contribution in [2.75, 3.05) is 13.2 Å². The van der Waals surface area contributed by atoms with Crippen molar-refractivity contribution < 1.29 is 9.53 Å². The van der Waals surface area contributed by atoms with Gasteiger partial charge in [0.1, 0.15) is 6.04 Å². The van der Waals surface area contributed by atoms with E-state index in [9.17, 15) is 4.79 Å². The van der Waals surface area contributed by atoms with Gasteiger partial charge in [-0.1, -0.05) is 40.5 Å². The van der Waals surface area contributed by atoms with Gasteiger partial charge in [-0.25, -0.2) is 0 Å². The van der Waals surface area contributed by atoms with Crippen LogP contribution in [-0.4, -0.2) is 30.1 Å². The van der Waals surface area contributed by atoms with E-state index in [2.05, 4.69) is 26.9 Å². The van der Waals surface area contributed by atoms with Crippen molar-refractivity contribution in [2.45, 2.75) is 38.8 Å². The lowest BCUT2D eigenvalue weighted by Gasteiger charge is -2.34. The minimum absolute atomic E-state index is 0.0748. The molecule has 0 spiro atoms. The van der Waals surface area contributed by atoms with Crippen molar-refractivity contribution in [2.24, 2.45) is 0 Å². The molecule has 0 aliphatic carbocycles. The molecular formula is C15H20BrNO2. The van der Waals surface area contributed by atoms with Crippen LogP contribution in [0.4, 0.5) is 0 Å². The first-order chi connectivity index (χ1) is 9.22. The Hall–Kier alpha value is -0.870. The first-order valence-electron chi connectivity index (χ1n) is 6.86. The van der Waals surface area contributed by atoms with Crippen molar-refractivity contribution in [3.8, 4) is 0 Å². The number of ether oxygens (including phenoxy) is 1. The second-order valence-electron chi connectivity index (χ2n) is 4.83. The van der Waals surface area contributed by atoms with Gasteiger partial charge in [0.2, 0.25) is 0 Å². The fourth-order valence-corrected chi connectivity index (χ4v) is 2.94. The van der Waals surface area contributed by atoms with Gasteiger partial charge in [0.05, 0.1) is 6.61 Å². The topological polar surface area (TPSA) is 29.5 Å². The Morgan fingerprint density at radius 1 is 1.42 bits per heavy atom. The zero-order chi connectivity index (χ0) is 13.7. The number of benzene rings is 1. The summed E-state index contributed by atoms with van der Waals surface area (Å²) in [5.41, 5.74) is 1.22. The van der Waals surface area contributed by atoms with E-state index in [1.165, 1.54) is 5.56 Å². The highest BCUT2D eigenvalue weighted by Gasteiger charge is 2.29. The zero-order valence-corrected chi connectivity index (χ0v) is 12.9. The molecule has 19 heavy (non-hydrogen) atoms. The third-order valence-corrected chi connectivity index (χ3v) is 4.28. The molecule has 1 fully saturated rings. The van der Waals surface area contributed by atoms with E-state index in [1.54, 1.807) is 0 Å². The van der Waals surface area contributed by atoms with Gasteiger partial charge in [0.25, 0.3) is 0 Å². The summed E-state index contributed by atoms with van der Waals surface area (Å²) >= 11 is 3.57. The maximum atomic E-state index is 12.0. The van der Waals surface area contributed by atoms with Crippen LogP contribution in [0, 0.1) is 0 Å². The van der Waals surface area contributed by atoms with Crippen LogP contribution < -0.4 is 0 Å². The van der Waals surface area contributed by atoms with Gasteiger partial charge in [-0.2, -0.15) is 0 Å². The number of nitrogens with zero attached hydrogens (tertiary/aromatic N) is 1. The third kappa shape index (κ3) is 3.80. The first kappa shape index (κ1) is 14.5. The van der Waals surface area contributed by atoms with Crippen molar-refractivity contribution in [3.63, 3.8) is 0 Å². The smallest absolute Gasteiger partial charge is 0.323 e. The SMILES string of the molecule is CCOC(=O)C1CCCCN1Cc1ccccc1Br. The lowest BCUT2D eigenvalue weighted by molar-refractivity contribution is -0.151. The Balaban J connectivity index is 2.07. The minimum Gasteiger partial charge on any atom is -0.465 e. The summed E-state index contributed by atoms with van der Waals surface area (Å²) in [6, 6.07) is 8.09. The third-order valence-electron chi connectivity index (χ3n) is 3.50. The maximum absolute atomic E-state index is 12.0. The summed E-state index contributed by atoms with van der Waals surface area (Å²) in [7, 11) is 0. The zero-order valence-electron chi connectivity index (χ0n) is 11.3. The number of rotatable bonds is 4. The molecule has 0 saturated carbocycles. The van der Waals surface area contributed by atoms with E-state index in [1.807, 2.05) is 25.1 Å². The average Bonchev–Trinajstić information content (AvgIpc) is 2.42. The Bertz CT molecular complexity index is 436. The average molecular weight is 326 g/mol. The Morgan fingerprint density at radius 2 is 2.21 bits per heavy atom. The van der Waals surface area contributed by atoms with E-state index < -0.39 is 0 Å². The van der Waals surface area contributed by atoms with Crippen molar-refractivity contribution in [3.05, 3.63) is 34.3 Å². The molecule has 1 aliphatic heterocycles. The highest BCUT2D eigenvalue weighted by Crippen LogP contribution is 2.24. The molecule has 1 unspecified atom stereocenters. The van der Waals surface area contributed by atoms with Crippen LogP contribution >= 0.6 is 15.9 Å². The quantitative estimate of drug-likeness (QED) is 0.795.